The van der Waals surface area contributed by atoms with Crippen LogP contribution >= 0.6 is 23.2 Å². The van der Waals surface area contributed by atoms with Gasteiger partial charge < -0.3 is 20.4 Å². The number of rotatable bonds is 6. The number of fused-ring (bicyclic) bond motifs is 1. The molecule has 3 N–H and O–H groups in total. The highest BCUT2D eigenvalue weighted by atomic mass is 35.5. The Kier molecular flexibility index (Phi) is 6.49. The van der Waals surface area contributed by atoms with Gasteiger partial charge in [-0.15, -0.1) is 0 Å². The van der Waals surface area contributed by atoms with Crippen LogP contribution in [0.5, 0.6) is 5.75 Å². The zero-order valence-corrected chi connectivity index (χ0v) is 18.8. The molecule has 0 bridgehead atoms. The molecule has 1 amide bonds. The number of nitrogens with one attached hydrogen (secondary N) is 3. The Hall–Kier alpha value is -3.57. The van der Waals surface area contributed by atoms with Crippen molar-refractivity contribution in [1.82, 2.24) is 19.9 Å². The van der Waals surface area contributed by atoms with E-state index in [0.717, 1.165) is 18.3 Å². The molecule has 13 heteroatoms. The standard InChI is InChI=1S/C21H15Cl2F3N6O2/c1-2-34-16-7-15-14(29-20(30-15)32-18-12(22)8-27-9-13(18)23)6-11(16)19(33)31-17-5-10(3-4-28-17)21(24,25)26/h3-9H,2H2,1H3,(H,28,31,33)(H2,27,29,30,32). The monoisotopic (exact) mass is 510 g/mol. The highest BCUT2D eigenvalue weighted by molar-refractivity contribution is 6.39. The van der Waals surface area contributed by atoms with E-state index in [0.29, 0.717) is 16.7 Å². The number of anilines is 3. The third kappa shape index (κ3) is 5.00. The fourth-order valence-electron chi connectivity index (χ4n) is 3.06. The highest BCUT2D eigenvalue weighted by Crippen LogP contribution is 2.33. The SMILES string of the molecule is CCOc1cc2nc(Nc3c(Cl)cncc3Cl)[nH]c2cc1C(=O)Nc1cc(C(F)(F)F)ccn1. The summed E-state index contributed by atoms with van der Waals surface area (Å²) in [5, 5.41) is 5.89. The minimum atomic E-state index is -4.57. The van der Waals surface area contributed by atoms with E-state index in [4.69, 9.17) is 27.9 Å². The maximum atomic E-state index is 13.0. The summed E-state index contributed by atoms with van der Waals surface area (Å²) >= 11 is 12.3. The van der Waals surface area contributed by atoms with Crippen LogP contribution < -0.4 is 15.4 Å². The van der Waals surface area contributed by atoms with Crippen LogP contribution in [0.25, 0.3) is 11.0 Å². The minimum Gasteiger partial charge on any atom is -0.493 e. The van der Waals surface area contributed by atoms with Gasteiger partial charge in [0.05, 0.1) is 44.5 Å². The number of nitrogens with zero attached hydrogens (tertiary/aromatic N) is 3. The molecule has 0 unspecified atom stereocenters. The Morgan fingerprint density at radius 2 is 1.91 bits per heavy atom. The van der Waals surface area contributed by atoms with Crippen LogP contribution in [0.3, 0.4) is 0 Å². The average Bonchev–Trinajstić information content (AvgIpc) is 3.17. The number of pyridine rings is 2. The molecule has 176 valence electrons. The predicted octanol–water partition coefficient (Wildman–Crippen LogP) is 6.07. The van der Waals surface area contributed by atoms with Crippen molar-refractivity contribution in [1.29, 1.82) is 0 Å². The fourth-order valence-corrected chi connectivity index (χ4v) is 3.52. The Labute approximate surface area is 200 Å². The first-order chi connectivity index (χ1) is 16.2. The van der Waals surface area contributed by atoms with Crippen LogP contribution in [-0.4, -0.2) is 32.4 Å². The number of hydrogen-bond acceptors (Lipinski definition) is 6. The third-order valence-electron chi connectivity index (χ3n) is 4.55. The number of ether oxygens (including phenoxy) is 1. The first kappa shape index (κ1) is 23.6. The van der Waals surface area contributed by atoms with Gasteiger partial charge in [0.25, 0.3) is 5.91 Å². The zero-order valence-electron chi connectivity index (χ0n) is 17.3. The number of benzene rings is 1. The van der Waals surface area contributed by atoms with Crippen LogP contribution in [-0.2, 0) is 6.18 Å². The van der Waals surface area contributed by atoms with E-state index in [1.54, 1.807) is 6.92 Å². The topological polar surface area (TPSA) is 105 Å². The van der Waals surface area contributed by atoms with E-state index in [-0.39, 0.29) is 39.7 Å². The van der Waals surface area contributed by atoms with Crippen molar-refractivity contribution in [3.63, 3.8) is 0 Å². The summed E-state index contributed by atoms with van der Waals surface area (Å²) in [6, 6.07) is 4.56. The Morgan fingerprint density at radius 3 is 2.59 bits per heavy atom. The van der Waals surface area contributed by atoms with E-state index in [2.05, 4.69) is 30.6 Å². The van der Waals surface area contributed by atoms with Gasteiger partial charge in [0, 0.05) is 24.7 Å². The molecule has 4 rings (SSSR count). The van der Waals surface area contributed by atoms with Gasteiger partial charge in [0.1, 0.15) is 11.6 Å². The van der Waals surface area contributed by atoms with E-state index in [1.165, 1.54) is 24.5 Å². The van der Waals surface area contributed by atoms with Crippen molar-refractivity contribution in [2.24, 2.45) is 0 Å². The summed E-state index contributed by atoms with van der Waals surface area (Å²) in [7, 11) is 0. The normalized spacial score (nSPS) is 11.5. The quantitative estimate of drug-likeness (QED) is 0.290. The van der Waals surface area contributed by atoms with Crippen molar-refractivity contribution in [2.75, 3.05) is 17.2 Å². The summed E-state index contributed by atoms with van der Waals surface area (Å²) in [5.74, 6) is -0.486. The number of H-pyrrole nitrogens is 1. The molecule has 0 spiro atoms. The molecule has 0 saturated heterocycles. The lowest BCUT2D eigenvalue weighted by molar-refractivity contribution is -0.137. The number of carbonyl (C=O) groups is 1. The van der Waals surface area contributed by atoms with Crippen molar-refractivity contribution in [3.05, 3.63) is 64.0 Å². The molecule has 3 heterocycles. The number of amides is 1. The largest absolute Gasteiger partial charge is 0.493 e. The molecule has 34 heavy (non-hydrogen) atoms. The van der Waals surface area contributed by atoms with Gasteiger partial charge in [-0.2, -0.15) is 13.2 Å². The van der Waals surface area contributed by atoms with Crippen molar-refractivity contribution in [3.8, 4) is 5.75 Å². The molecule has 0 aliphatic rings. The molecule has 4 aromatic rings. The van der Waals surface area contributed by atoms with Gasteiger partial charge in [-0.1, -0.05) is 23.2 Å². The third-order valence-corrected chi connectivity index (χ3v) is 5.13. The number of imidazole rings is 1. The maximum Gasteiger partial charge on any atom is 0.416 e. The number of hydrogen-bond donors (Lipinski definition) is 3. The van der Waals surface area contributed by atoms with Crippen LogP contribution in [0.4, 0.5) is 30.6 Å². The van der Waals surface area contributed by atoms with Crippen LogP contribution in [0.1, 0.15) is 22.8 Å². The van der Waals surface area contributed by atoms with E-state index >= 15 is 0 Å². The molecule has 0 radical (unpaired) electrons. The van der Waals surface area contributed by atoms with Crippen LogP contribution in [0.15, 0.2) is 42.9 Å². The molecule has 0 aliphatic carbocycles. The van der Waals surface area contributed by atoms with Gasteiger partial charge in [0.2, 0.25) is 5.95 Å². The maximum absolute atomic E-state index is 13.0. The zero-order chi connectivity index (χ0) is 24.5. The molecule has 3 aromatic heterocycles. The second-order valence-corrected chi connectivity index (χ2v) is 7.68. The Balaban J connectivity index is 1.67. The summed E-state index contributed by atoms with van der Waals surface area (Å²) in [4.78, 5) is 28.0. The number of halogens is 5. The minimum absolute atomic E-state index is 0.0729. The molecular weight excluding hydrogens is 496 g/mol. The summed E-state index contributed by atoms with van der Waals surface area (Å²) in [5.41, 5.74) is 0.436. The Bertz CT molecular complexity index is 1360. The van der Waals surface area contributed by atoms with Gasteiger partial charge in [-0.25, -0.2) is 9.97 Å². The van der Waals surface area contributed by atoms with E-state index in [1.807, 2.05) is 0 Å². The molecule has 0 fully saturated rings. The summed E-state index contributed by atoms with van der Waals surface area (Å²) in [6.07, 6.45) is -0.781. The summed E-state index contributed by atoms with van der Waals surface area (Å²) < 4.78 is 44.5. The first-order valence-corrected chi connectivity index (χ1v) is 10.5. The molecule has 0 atom stereocenters. The molecule has 1 aromatic carbocycles. The number of aromatic nitrogens is 4. The predicted molar refractivity (Wildman–Crippen MR) is 122 cm³/mol. The van der Waals surface area contributed by atoms with Gasteiger partial charge in [-0.3, -0.25) is 9.78 Å². The number of alkyl halides is 3. The number of aromatic amines is 1. The van der Waals surface area contributed by atoms with Gasteiger partial charge in [-0.05, 0) is 25.1 Å². The smallest absolute Gasteiger partial charge is 0.416 e. The van der Waals surface area contributed by atoms with Gasteiger partial charge in [0.15, 0.2) is 0 Å². The van der Waals surface area contributed by atoms with Crippen LogP contribution in [0, 0.1) is 0 Å². The lowest BCUT2D eigenvalue weighted by atomic mass is 10.1. The lowest BCUT2D eigenvalue weighted by Gasteiger charge is -2.12. The van der Waals surface area contributed by atoms with Crippen molar-refractivity contribution >= 4 is 57.6 Å². The molecule has 8 nitrogen and oxygen atoms in total. The highest BCUT2D eigenvalue weighted by Gasteiger charge is 2.31. The average molecular weight is 511 g/mol. The van der Waals surface area contributed by atoms with E-state index < -0.39 is 17.6 Å². The van der Waals surface area contributed by atoms with Crippen molar-refractivity contribution < 1.29 is 22.7 Å². The fraction of sp³-hybridized carbons (Fsp3) is 0.143. The molecular formula is C21H15Cl2F3N6O2. The van der Waals surface area contributed by atoms with E-state index in [9.17, 15) is 18.0 Å². The van der Waals surface area contributed by atoms with Crippen LogP contribution in [0.2, 0.25) is 10.0 Å². The lowest BCUT2D eigenvalue weighted by Crippen LogP contribution is -2.15. The first-order valence-electron chi connectivity index (χ1n) is 9.73. The summed E-state index contributed by atoms with van der Waals surface area (Å²) in [6.45, 7) is 1.97. The van der Waals surface area contributed by atoms with Gasteiger partial charge >= 0.3 is 6.18 Å². The number of carbonyl (C=O) groups excluding carboxylic acids is 1. The molecule has 0 aliphatic heterocycles. The second-order valence-electron chi connectivity index (χ2n) is 6.87. The Morgan fingerprint density at radius 1 is 1.18 bits per heavy atom. The molecule has 0 saturated carbocycles. The second kappa shape index (κ2) is 9.35. The van der Waals surface area contributed by atoms with Crippen molar-refractivity contribution in [2.45, 2.75) is 13.1 Å².